The van der Waals surface area contributed by atoms with Crippen molar-refractivity contribution >= 4 is 5.96 Å². The van der Waals surface area contributed by atoms with Gasteiger partial charge in [0.2, 0.25) is 0 Å². The van der Waals surface area contributed by atoms with Gasteiger partial charge in [-0.3, -0.25) is 9.89 Å². The van der Waals surface area contributed by atoms with Crippen molar-refractivity contribution in [1.29, 1.82) is 0 Å². The highest BCUT2D eigenvalue weighted by Crippen LogP contribution is 2.07. The van der Waals surface area contributed by atoms with E-state index in [1.165, 1.54) is 0 Å². The van der Waals surface area contributed by atoms with Crippen molar-refractivity contribution < 1.29 is 4.52 Å². The molecule has 3 rings (SSSR count). The standard InChI is InChI=1S/C16H25N7O/c1-14-18-4-6-22(14)7-5-19-16(17-2)23-10-8-21(9-11-23)13-15-3-12-24-20-15/h3-4,6,12H,5,7-11,13H2,1-2H3,(H,17,19). The Balaban J connectivity index is 1.43. The van der Waals surface area contributed by atoms with E-state index in [9.17, 15) is 0 Å². The number of nitrogens with one attached hydrogen (secondary N) is 1. The van der Waals surface area contributed by atoms with Crippen LogP contribution in [0, 0.1) is 6.92 Å². The topological polar surface area (TPSA) is 74.7 Å². The summed E-state index contributed by atoms with van der Waals surface area (Å²) in [6.07, 6.45) is 5.46. The normalized spacial score (nSPS) is 16.6. The molecular formula is C16H25N7O. The summed E-state index contributed by atoms with van der Waals surface area (Å²) in [6.45, 7) is 8.49. The van der Waals surface area contributed by atoms with Crippen LogP contribution in [0.15, 0.2) is 34.2 Å². The summed E-state index contributed by atoms with van der Waals surface area (Å²) in [5, 5.41) is 7.43. The SMILES string of the molecule is CN=C(NCCn1ccnc1C)N1CCN(Cc2ccon2)CC1. The smallest absolute Gasteiger partial charge is 0.193 e. The maximum absolute atomic E-state index is 4.89. The van der Waals surface area contributed by atoms with Crippen LogP contribution in [-0.4, -0.2) is 70.2 Å². The van der Waals surface area contributed by atoms with Crippen LogP contribution in [0.5, 0.6) is 0 Å². The summed E-state index contributed by atoms with van der Waals surface area (Å²) in [5.41, 5.74) is 0.988. The summed E-state index contributed by atoms with van der Waals surface area (Å²) in [6, 6.07) is 1.92. The van der Waals surface area contributed by atoms with Gasteiger partial charge in [-0.15, -0.1) is 0 Å². The lowest BCUT2D eigenvalue weighted by Gasteiger charge is -2.36. The van der Waals surface area contributed by atoms with E-state index in [1.54, 1.807) is 6.26 Å². The lowest BCUT2D eigenvalue weighted by atomic mass is 10.3. The van der Waals surface area contributed by atoms with Gasteiger partial charge in [0.15, 0.2) is 5.96 Å². The van der Waals surface area contributed by atoms with Crippen LogP contribution in [0.25, 0.3) is 0 Å². The van der Waals surface area contributed by atoms with Gasteiger partial charge < -0.3 is 19.3 Å². The molecule has 8 nitrogen and oxygen atoms in total. The number of guanidine groups is 1. The number of hydrogen-bond acceptors (Lipinski definition) is 5. The summed E-state index contributed by atoms with van der Waals surface area (Å²) in [7, 11) is 1.84. The predicted molar refractivity (Wildman–Crippen MR) is 91.7 cm³/mol. The number of aliphatic imine (C=N–C) groups is 1. The second-order valence-corrected chi connectivity index (χ2v) is 5.90. The fourth-order valence-electron chi connectivity index (χ4n) is 2.93. The van der Waals surface area contributed by atoms with Crippen LogP contribution >= 0.6 is 0 Å². The highest BCUT2D eigenvalue weighted by atomic mass is 16.5. The van der Waals surface area contributed by atoms with E-state index < -0.39 is 0 Å². The van der Waals surface area contributed by atoms with Crippen molar-refractivity contribution in [3.8, 4) is 0 Å². The zero-order valence-electron chi connectivity index (χ0n) is 14.4. The third-order valence-electron chi connectivity index (χ3n) is 4.32. The summed E-state index contributed by atoms with van der Waals surface area (Å²) >= 11 is 0. The zero-order valence-corrected chi connectivity index (χ0v) is 14.4. The van der Waals surface area contributed by atoms with Crippen LogP contribution in [0.4, 0.5) is 0 Å². The molecule has 0 spiro atoms. The minimum absolute atomic E-state index is 0.836. The molecule has 8 heteroatoms. The molecule has 1 aliphatic rings. The van der Waals surface area contributed by atoms with Gasteiger partial charge in [0, 0.05) is 71.3 Å². The van der Waals surface area contributed by atoms with Crippen LogP contribution in [0.2, 0.25) is 0 Å². The van der Waals surface area contributed by atoms with Gasteiger partial charge in [-0.2, -0.15) is 0 Å². The van der Waals surface area contributed by atoms with E-state index in [4.69, 9.17) is 4.52 Å². The Hall–Kier alpha value is -2.35. The third kappa shape index (κ3) is 4.14. The first-order valence-corrected chi connectivity index (χ1v) is 8.31. The summed E-state index contributed by atoms with van der Waals surface area (Å²) in [5.74, 6) is 2.00. The van der Waals surface area contributed by atoms with Crippen LogP contribution < -0.4 is 5.32 Å². The highest BCUT2D eigenvalue weighted by molar-refractivity contribution is 5.79. The molecule has 1 fully saturated rings. The predicted octanol–water partition coefficient (Wildman–Crippen LogP) is 0.573. The number of aryl methyl sites for hydroxylation is 1. The summed E-state index contributed by atoms with van der Waals surface area (Å²) < 4.78 is 7.03. The molecule has 0 aliphatic carbocycles. The quantitative estimate of drug-likeness (QED) is 0.638. The van der Waals surface area contributed by atoms with Crippen LogP contribution in [-0.2, 0) is 13.1 Å². The maximum Gasteiger partial charge on any atom is 0.193 e. The molecule has 1 N–H and O–H groups in total. The van der Waals surface area contributed by atoms with Gasteiger partial charge >= 0.3 is 0 Å². The largest absolute Gasteiger partial charge is 0.364 e. The average molecular weight is 331 g/mol. The molecule has 130 valence electrons. The van der Waals surface area contributed by atoms with Gasteiger partial charge in [-0.05, 0) is 6.92 Å². The Morgan fingerprint density at radius 2 is 2.17 bits per heavy atom. The Morgan fingerprint density at radius 1 is 1.33 bits per heavy atom. The molecule has 1 aliphatic heterocycles. The molecule has 2 aromatic rings. The van der Waals surface area contributed by atoms with Gasteiger partial charge in [0.1, 0.15) is 12.1 Å². The van der Waals surface area contributed by atoms with E-state index in [0.717, 1.165) is 63.3 Å². The van der Waals surface area contributed by atoms with Crippen LogP contribution in [0.1, 0.15) is 11.5 Å². The highest BCUT2D eigenvalue weighted by Gasteiger charge is 2.20. The van der Waals surface area contributed by atoms with E-state index in [1.807, 2.05) is 32.4 Å². The van der Waals surface area contributed by atoms with E-state index >= 15 is 0 Å². The molecule has 0 bridgehead atoms. The maximum atomic E-state index is 4.89. The minimum Gasteiger partial charge on any atom is -0.364 e. The van der Waals surface area contributed by atoms with E-state index in [0.29, 0.717) is 0 Å². The van der Waals surface area contributed by atoms with Crippen LogP contribution in [0.3, 0.4) is 0 Å². The second kappa shape index (κ2) is 7.96. The molecule has 0 saturated carbocycles. The second-order valence-electron chi connectivity index (χ2n) is 5.90. The molecule has 0 aromatic carbocycles. The van der Waals surface area contributed by atoms with Crippen molar-refractivity contribution in [3.63, 3.8) is 0 Å². The molecule has 2 aromatic heterocycles. The first-order valence-electron chi connectivity index (χ1n) is 8.31. The zero-order chi connectivity index (χ0) is 16.8. The molecular weight excluding hydrogens is 306 g/mol. The Bertz CT molecular complexity index is 641. The number of rotatable bonds is 5. The van der Waals surface area contributed by atoms with Gasteiger partial charge in [-0.25, -0.2) is 4.98 Å². The number of piperazine rings is 1. The molecule has 0 radical (unpaired) electrons. The molecule has 0 unspecified atom stereocenters. The van der Waals surface area contributed by atoms with E-state index in [-0.39, 0.29) is 0 Å². The molecule has 24 heavy (non-hydrogen) atoms. The average Bonchev–Trinajstić information content (AvgIpc) is 3.25. The molecule has 1 saturated heterocycles. The monoisotopic (exact) mass is 331 g/mol. The van der Waals surface area contributed by atoms with Gasteiger partial charge in [0.25, 0.3) is 0 Å². The van der Waals surface area contributed by atoms with Crippen molar-refractivity contribution in [2.75, 3.05) is 39.8 Å². The first kappa shape index (κ1) is 16.5. The molecule has 3 heterocycles. The number of nitrogens with zero attached hydrogens (tertiary/aromatic N) is 6. The number of hydrogen-bond donors (Lipinski definition) is 1. The Morgan fingerprint density at radius 3 is 2.79 bits per heavy atom. The fraction of sp³-hybridized carbons (Fsp3) is 0.562. The Kier molecular flexibility index (Phi) is 5.47. The lowest BCUT2D eigenvalue weighted by Crippen LogP contribution is -2.52. The van der Waals surface area contributed by atoms with Crippen molar-refractivity contribution in [3.05, 3.63) is 36.2 Å². The Labute approximate surface area is 142 Å². The van der Waals surface area contributed by atoms with Gasteiger partial charge in [0.05, 0.1) is 5.69 Å². The lowest BCUT2D eigenvalue weighted by molar-refractivity contribution is 0.169. The number of imidazole rings is 1. The van der Waals surface area contributed by atoms with Crippen molar-refractivity contribution in [2.24, 2.45) is 4.99 Å². The van der Waals surface area contributed by atoms with Gasteiger partial charge in [-0.1, -0.05) is 5.16 Å². The summed E-state index contributed by atoms with van der Waals surface area (Å²) in [4.78, 5) is 13.3. The fourth-order valence-corrected chi connectivity index (χ4v) is 2.93. The molecule has 0 atom stereocenters. The van der Waals surface area contributed by atoms with Crippen molar-refractivity contribution in [1.82, 2.24) is 29.8 Å². The number of aromatic nitrogens is 3. The minimum atomic E-state index is 0.836. The van der Waals surface area contributed by atoms with E-state index in [2.05, 4.69) is 34.8 Å². The third-order valence-corrected chi connectivity index (χ3v) is 4.32. The van der Waals surface area contributed by atoms with Crippen molar-refractivity contribution in [2.45, 2.75) is 20.0 Å². The molecule has 0 amide bonds. The first-order chi connectivity index (χ1) is 11.8.